The number of halogens is 1. The lowest BCUT2D eigenvalue weighted by Crippen LogP contribution is -2.21. The molecular formula is C24H33ClO7. The van der Waals surface area contributed by atoms with Crippen LogP contribution in [-0.4, -0.2) is 65.5 Å². The first-order chi connectivity index (χ1) is 15.3. The van der Waals surface area contributed by atoms with Gasteiger partial charge in [-0.15, -0.1) is 0 Å². The molecule has 0 spiro atoms. The topological polar surface area (TPSA) is 105 Å². The monoisotopic (exact) mass is 468 g/mol. The summed E-state index contributed by atoms with van der Waals surface area (Å²) in [6.45, 7) is 3.72. The Bertz CT molecular complexity index is 764. The van der Waals surface area contributed by atoms with Crippen molar-refractivity contribution < 1.29 is 34.3 Å². The Hall–Kier alpha value is -1.90. The molecule has 1 saturated carbocycles. The van der Waals surface area contributed by atoms with Crippen LogP contribution in [0.5, 0.6) is 5.75 Å². The number of benzene rings is 1. The van der Waals surface area contributed by atoms with Gasteiger partial charge in [-0.05, 0) is 44.4 Å². The van der Waals surface area contributed by atoms with E-state index in [1.165, 1.54) is 0 Å². The van der Waals surface area contributed by atoms with Crippen LogP contribution in [0.1, 0.15) is 26.7 Å². The highest BCUT2D eigenvalue weighted by Gasteiger charge is 2.39. The Balaban J connectivity index is 1.78. The van der Waals surface area contributed by atoms with Gasteiger partial charge in [-0.2, -0.15) is 0 Å². The molecule has 0 amide bonds. The molecule has 2 unspecified atom stereocenters. The fourth-order valence-corrected chi connectivity index (χ4v) is 3.77. The van der Waals surface area contributed by atoms with Gasteiger partial charge in [0.25, 0.3) is 0 Å². The molecule has 5 atom stereocenters. The quantitative estimate of drug-likeness (QED) is 0.246. The normalized spacial score (nSPS) is 24.5. The summed E-state index contributed by atoms with van der Waals surface area (Å²) < 4.78 is 15.7. The molecule has 1 aromatic carbocycles. The van der Waals surface area contributed by atoms with Gasteiger partial charge >= 0.3 is 5.97 Å². The molecule has 1 aromatic rings. The highest BCUT2D eigenvalue weighted by atomic mass is 35.5. The second-order valence-corrected chi connectivity index (χ2v) is 8.53. The van der Waals surface area contributed by atoms with Crippen LogP contribution in [-0.2, 0) is 14.3 Å². The van der Waals surface area contributed by atoms with Crippen LogP contribution in [0.4, 0.5) is 0 Å². The zero-order valence-corrected chi connectivity index (χ0v) is 19.2. The molecular weight excluding hydrogens is 436 g/mol. The summed E-state index contributed by atoms with van der Waals surface area (Å²) in [7, 11) is 0. The van der Waals surface area contributed by atoms with Gasteiger partial charge in [-0.1, -0.05) is 42.0 Å². The van der Waals surface area contributed by atoms with Crippen LogP contribution >= 0.6 is 11.6 Å². The number of rotatable bonds is 12. The minimum atomic E-state index is -0.867. The first kappa shape index (κ1) is 26.4. The zero-order chi connectivity index (χ0) is 23.5. The predicted molar refractivity (Wildman–Crippen MR) is 122 cm³/mol. The van der Waals surface area contributed by atoms with Crippen LogP contribution in [0, 0.1) is 11.8 Å². The molecule has 7 nitrogen and oxygen atoms in total. The van der Waals surface area contributed by atoms with Gasteiger partial charge in [-0.25, -0.2) is 4.79 Å². The maximum atomic E-state index is 11.4. The maximum absolute atomic E-state index is 11.4. The number of aliphatic hydroxyl groups is 3. The number of hydrogen-bond donors (Lipinski definition) is 3. The summed E-state index contributed by atoms with van der Waals surface area (Å²) in [6.07, 6.45) is 5.38. The van der Waals surface area contributed by atoms with E-state index in [0.29, 0.717) is 17.2 Å². The van der Waals surface area contributed by atoms with Crippen molar-refractivity contribution in [2.45, 2.75) is 51.1 Å². The molecule has 0 aliphatic heterocycles. The number of ether oxygens (including phenoxy) is 3. The predicted octanol–water partition coefficient (Wildman–Crippen LogP) is 2.91. The lowest BCUT2D eigenvalue weighted by molar-refractivity contribution is -0.152. The average Bonchev–Trinajstić information content (AvgIpc) is 2.99. The van der Waals surface area contributed by atoms with Gasteiger partial charge in [0.2, 0.25) is 0 Å². The number of esters is 1. The van der Waals surface area contributed by atoms with Gasteiger partial charge in [0.05, 0.1) is 24.9 Å². The Morgan fingerprint density at radius 1 is 1.25 bits per heavy atom. The molecule has 0 radical (unpaired) electrons. The fraction of sp³-hybridized carbons (Fsp3) is 0.542. The van der Waals surface area contributed by atoms with Crippen molar-refractivity contribution in [2.24, 2.45) is 11.8 Å². The molecule has 0 aromatic heterocycles. The molecule has 3 N–H and O–H groups in total. The summed E-state index contributed by atoms with van der Waals surface area (Å²) in [4.78, 5) is 11.4. The van der Waals surface area contributed by atoms with Crippen LogP contribution in [0.2, 0.25) is 5.02 Å². The Morgan fingerprint density at radius 2 is 2.03 bits per heavy atom. The van der Waals surface area contributed by atoms with E-state index >= 15 is 0 Å². The van der Waals surface area contributed by atoms with E-state index in [9.17, 15) is 20.1 Å². The molecule has 32 heavy (non-hydrogen) atoms. The third-order valence-electron chi connectivity index (χ3n) is 5.06. The minimum absolute atomic E-state index is 0.0450. The first-order valence-electron chi connectivity index (χ1n) is 10.8. The largest absolute Gasteiger partial charge is 0.491 e. The standard InChI is InChI=1S/C24H33ClO7/c1-16(2)32-24(29)15-30-11-4-3-8-20-21(23(28)13-22(20)27)10-9-18(26)14-31-19-7-5-6-17(25)12-19/h3-7,9-10,12,16,18,20-23,26-28H,8,11,13-15H2,1-2H3/b4-3-,10-9+/t18-,20?,21?,22+,23-/m0/s1. The molecule has 0 saturated heterocycles. The minimum Gasteiger partial charge on any atom is -0.491 e. The van der Waals surface area contributed by atoms with E-state index in [2.05, 4.69) is 0 Å². The third-order valence-corrected chi connectivity index (χ3v) is 5.30. The number of hydrogen-bond acceptors (Lipinski definition) is 7. The number of carbonyl (C=O) groups excluding carboxylic acids is 1. The van der Waals surface area contributed by atoms with Gasteiger partial charge < -0.3 is 29.5 Å². The van der Waals surface area contributed by atoms with Crippen molar-refractivity contribution >= 4 is 17.6 Å². The van der Waals surface area contributed by atoms with Gasteiger partial charge in [0.15, 0.2) is 0 Å². The molecule has 8 heteroatoms. The summed E-state index contributed by atoms with van der Waals surface area (Å²) in [6, 6.07) is 6.91. The SMILES string of the molecule is CC(C)OC(=O)COC/C=C\CC1C(/C=C/[C@H](O)COc2cccc(Cl)c2)[C@@H](O)C[C@H]1O. The summed E-state index contributed by atoms with van der Waals surface area (Å²) >= 11 is 5.91. The molecule has 2 rings (SSSR count). The first-order valence-corrected chi connectivity index (χ1v) is 11.2. The number of aliphatic hydroxyl groups excluding tert-OH is 3. The molecule has 0 bridgehead atoms. The Labute approximate surface area is 194 Å². The van der Waals surface area contributed by atoms with Crippen LogP contribution in [0.15, 0.2) is 48.6 Å². The van der Waals surface area contributed by atoms with Crippen molar-refractivity contribution in [1.82, 2.24) is 0 Å². The fourth-order valence-electron chi connectivity index (χ4n) is 3.59. The van der Waals surface area contributed by atoms with Gasteiger partial charge in [0, 0.05) is 17.4 Å². The van der Waals surface area contributed by atoms with E-state index in [1.807, 2.05) is 6.08 Å². The van der Waals surface area contributed by atoms with E-state index in [0.717, 1.165) is 0 Å². The smallest absolute Gasteiger partial charge is 0.332 e. The molecule has 1 fully saturated rings. The van der Waals surface area contributed by atoms with Crippen molar-refractivity contribution in [3.8, 4) is 5.75 Å². The second kappa shape index (κ2) is 13.6. The van der Waals surface area contributed by atoms with E-state index < -0.39 is 24.3 Å². The van der Waals surface area contributed by atoms with Crippen molar-refractivity contribution in [3.05, 3.63) is 53.6 Å². The summed E-state index contributed by atoms with van der Waals surface area (Å²) in [5, 5.41) is 31.4. The number of allylic oxidation sites excluding steroid dienone is 1. The Morgan fingerprint density at radius 3 is 2.75 bits per heavy atom. The van der Waals surface area contributed by atoms with Crippen LogP contribution in [0.3, 0.4) is 0 Å². The summed E-state index contributed by atoms with van der Waals surface area (Å²) in [5.74, 6) is -0.336. The Kier molecular flexibility index (Phi) is 11.2. The van der Waals surface area contributed by atoms with Crippen molar-refractivity contribution in [1.29, 1.82) is 0 Å². The molecule has 1 aliphatic carbocycles. The van der Waals surface area contributed by atoms with Gasteiger partial charge in [0.1, 0.15) is 25.1 Å². The second-order valence-electron chi connectivity index (χ2n) is 8.09. The van der Waals surface area contributed by atoms with Crippen LogP contribution in [0.25, 0.3) is 0 Å². The highest BCUT2D eigenvalue weighted by molar-refractivity contribution is 6.30. The third kappa shape index (κ3) is 9.30. The maximum Gasteiger partial charge on any atom is 0.332 e. The number of carbonyl (C=O) groups is 1. The molecule has 0 heterocycles. The zero-order valence-electron chi connectivity index (χ0n) is 18.5. The van der Waals surface area contributed by atoms with Crippen molar-refractivity contribution in [2.75, 3.05) is 19.8 Å². The van der Waals surface area contributed by atoms with E-state index in [1.54, 1.807) is 56.3 Å². The molecule has 1 aliphatic rings. The highest BCUT2D eigenvalue weighted by Crippen LogP contribution is 2.36. The van der Waals surface area contributed by atoms with Crippen molar-refractivity contribution in [3.63, 3.8) is 0 Å². The van der Waals surface area contributed by atoms with E-state index in [4.69, 9.17) is 25.8 Å². The summed E-state index contributed by atoms with van der Waals surface area (Å²) in [5.41, 5.74) is 0. The average molecular weight is 469 g/mol. The molecule has 178 valence electrons. The van der Waals surface area contributed by atoms with Gasteiger partial charge in [-0.3, -0.25) is 0 Å². The van der Waals surface area contributed by atoms with E-state index in [-0.39, 0.29) is 44.2 Å². The van der Waals surface area contributed by atoms with Crippen LogP contribution < -0.4 is 4.74 Å². The lowest BCUT2D eigenvalue weighted by atomic mass is 9.90. The lowest BCUT2D eigenvalue weighted by Gasteiger charge is -2.19.